The quantitative estimate of drug-likeness (QED) is 0.0232. The van der Waals surface area contributed by atoms with Crippen LogP contribution in [0, 0.1) is 105 Å². The number of aliphatic hydroxyl groups is 3. The van der Waals surface area contributed by atoms with Gasteiger partial charge < -0.3 is 60.1 Å². The van der Waals surface area contributed by atoms with E-state index in [-0.39, 0.29) is 128 Å². The number of aliphatic hydroxyl groups excluding tert-OH is 3. The monoisotopic (exact) mass is 2070 g/mol. The summed E-state index contributed by atoms with van der Waals surface area (Å²) in [5.74, 6) is -8.97. The molecule has 0 unspecified atom stereocenters. The number of alkyl carbamates (subject to hydrolysis) is 1. The standard InChI is InChI=1S/C28H26F3NO3S.C27H23F3N2O2S.C20H19F3O2.C19H20F3NO2.C18H23FN2O3S/c29-23-9-5-4-8-22(23)28(15-26(36)32-27(34)19-6-2-1-3-7-19)14-21(13-20(28)16-33)35-17-18-10-11-24(30)25(31)12-18;28-22-9-5-4-8-21(22)27-14-20(34-15-17-10-11-23(29)24(30)12-17)13-19(27)16-35-26(32-27)31-25(33)18-6-2-1-3-7-18;21-17-4-2-1-3-16(17)20-9-15(8-14(20)11-24-12-20)25-10-13-5-6-18(22)19(23)7-13;20-16-4-2-1-3-15(16)19(23)9-14(8-13(19)10-24)25-11-12-5-6-17(21)18(22)7-12;1-17(2,3)24-16(23)20-15-21-18(13-6-4-5-7-14(13)19)9-12(22)8-11(18)10-25-15/h1-12,20-21,33H,13-17H2,(H,32,34,36);1-12,19-20H,13-16H2,(H,31,32,33);1-7,14-15H,8-12H2;1-7,13-14,24H,8-11,23H2;4-7,11-12,22H,8-10H2,1-3H3,(H,20,21,23)/t20-,21-,28-;19-,20-,27-;14-,15-,20-;13-,14-,19-;11-,12-,18-/m00000/s1. The van der Waals surface area contributed by atoms with Crippen molar-refractivity contribution in [3.63, 3.8) is 0 Å². The number of nitrogens with zero attached hydrogens (tertiary/aromatic N) is 2. The van der Waals surface area contributed by atoms with Crippen LogP contribution in [0.4, 0.5) is 61.9 Å². The largest absolute Gasteiger partial charge is 0.444 e. The molecule has 3 aliphatic heterocycles. The Hall–Kier alpha value is -11.5. The summed E-state index contributed by atoms with van der Waals surface area (Å²) in [5.41, 5.74) is 7.18. The Kier molecular flexibility index (Phi) is 35.9. The molecule has 0 aromatic heterocycles. The summed E-state index contributed by atoms with van der Waals surface area (Å²) in [6.45, 7) is 6.45. The summed E-state index contributed by atoms with van der Waals surface area (Å²) < 4.78 is 214. The van der Waals surface area contributed by atoms with E-state index < -0.39 is 110 Å². The highest BCUT2D eigenvalue weighted by Crippen LogP contribution is 2.57. The molecule has 18 nitrogen and oxygen atoms in total. The first-order chi connectivity index (χ1) is 70.0. The highest BCUT2D eigenvalue weighted by atomic mass is 32.2. The molecule has 0 spiro atoms. The van der Waals surface area contributed by atoms with Gasteiger partial charge in [-0.3, -0.25) is 24.9 Å². The maximum Gasteiger partial charge on any atom is 0.413 e. The fourth-order valence-corrected chi connectivity index (χ4v) is 23.8. The number of rotatable bonds is 23. The SMILES string of the molecule is CC(C)(C)OC(=O)NC1=N[C@@]2(c3ccccc3F)C[C@@H](O)C[C@H]2CS1.Fc1ccc(CO[C@H]2C[C@H]3COC[C@@]3(c3ccccc3F)C2)cc1F.N[C@@]1(c2ccccc2F)C[C@@H](OCc2ccc(F)c(F)c2)C[C@H]1CO.O=C(NC(=S)C[C@@]1(c2ccccc2F)C[C@@H](OCc2ccc(F)c(F)c2)C[C@H]1CO)c1ccccc1.O=C(NC1=N[C@@]2(c3ccccc3F)C[C@@H](OCc3ccc(F)c(F)c3)C[C@H]2CS1)c1ccccc1. The third-order valence-corrected chi connectivity index (χ3v) is 30.5. The second kappa shape index (κ2) is 48.2. The molecule has 15 atom stereocenters. The minimum Gasteiger partial charge on any atom is -0.444 e. The molecular weight excluding hydrogens is 1960 g/mol. The van der Waals surface area contributed by atoms with Crippen molar-refractivity contribution in [1.29, 1.82) is 0 Å². The van der Waals surface area contributed by atoms with Gasteiger partial charge in [-0.1, -0.05) is 187 Å². The normalized spacial score (nSPS) is 25.2. The third kappa shape index (κ3) is 25.9. The van der Waals surface area contributed by atoms with Crippen LogP contribution in [0.25, 0.3) is 0 Å². The number of thioether (sulfide) groups is 2. The van der Waals surface area contributed by atoms with Gasteiger partial charge in [-0.15, -0.1) is 0 Å². The van der Waals surface area contributed by atoms with E-state index in [1.807, 2.05) is 18.2 Å². The van der Waals surface area contributed by atoms with Gasteiger partial charge in [0.1, 0.15) is 34.7 Å². The van der Waals surface area contributed by atoms with Crippen LogP contribution in [0.2, 0.25) is 0 Å². The number of benzene rings is 11. The molecule has 3 heterocycles. The van der Waals surface area contributed by atoms with Crippen molar-refractivity contribution in [3.8, 4) is 0 Å². The topological polar surface area (TPSA) is 254 Å². The number of hydrogen-bond acceptors (Lipinski definition) is 18. The number of carbonyl (C=O) groups is 3. The van der Waals surface area contributed by atoms with Crippen LogP contribution in [-0.2, 0) is 82.3 Å². The van der Waals surface area contributed by atoms with Crippen LogP contribution in [0.5, 0.6) is 0 Å². The second-order valence-corrected chi connectivity index (χ2v) is 41.4. The zero-order chi connectivity index (χ0) is 104. The Morgan fingerprint density at radius 2 is 0.795 bits per heavy atom. The lowest BCUT2D eigenvalue weighted by Gasteiger charge is -2.36. The van der Waals surface area contributed by atoms with Crippen molar-refractivity contribution < 1.29 is 115 Å². The molecule has 5 saturated carbocycles. The molecule has 770 valence electrons. The smallest absolute Gasteiger partial charge is 0.413 e. The van der Waals surface area contributed by atoms with Crippen molar-refractivity contribution in [1.82, 2.24) is 16.0 Å². The lowest BCUT2D eigenvalue weighted by Crippen LogP contribution is -2.43. The summed E-state index contributed by atoms with van der Waals surface area (Å²) >= 11 is 8.37. The van der Waals surface area contributed by atoms with Crippen LogP contribution in [-0.4, -0.2) is 123 Å². The van der Waals surface area contributed by atoms with Crippen molar-refractivity contribution in [2.45, 2.75) is 181 Å². The van der Waals surface area contributed by atoms with Gasteiger partial charge in [-0.25, -0.2) is 61.9 Å². The number of fused-ring (bicyclic) bond motifs is 3. The average Bonchev–Trinajstić information content (AvgIpc) is 1.56. The number of halogens is 13. The predicted octanol–water partition coefficient (Wildman–Crippen LogP) is 22.3. The molecule has 8 aliphatic rings. The first kappa shape index (κ1) is 109. The van der Waals surface area contributed by atoms with Crippen LogP contribution in [0.3, 0.4) is 0 Å². The number of nitrogens with one attached hydrogen (secondary N) is 3. The highest BCUT2D eigenvalue weighted by Gasteiger charge is 2.57. The van der Waals surface area contributed by atoms with Crippen LogP contribution < -0.4 is 21.7 Å². The van der Waals surface area contributed by atoms with E-state index in [1.165, 1.54) is 78.1 Å². The summed E-state index contributed by atoms with van der Waals surface area (Å²) in [7, 11) is 0. The van der Waals surface area contributed by atoms with Gasteiger partial charge in [0.15, 0.2) is 56.9 Å². The maximum atomic E-state index is 15.1. The fraction of sp³-hybridized carbons (Fsp3) is 0.357. The van der Waals surface area contributed by atoms with Crippen molar-refractivity contribution in [3.05, 3.63) is 392 Å². The fourth-order valence-electron chi connectivity index (χ4n) is 21.2. The zero-order valence-corrected chi connectivity index (χ0v) is 82.4. The summed E-state index contributed by atoms with van der Waals surface area (Å²) in [4.78, 5) is 47.3. The molecule has 5 aliphatic carbocycles. The number of carbonyl (C=O) groups excluding carboxylic acids is 3. The average molecular weight is 2080 g/mol. The predicted molar refractivity (Wildman–Crippen MR) is 533 cm³/mol. The minimum absolute atomic E-state index is 0.0169. The zero-order valence-electron chi connectivity index (χ0n) is 80.0. The van der Waals surface area contributed by atoms with Crippen molar-refractivity contribution >= 4 is 69.0 Å². The number of nitrogens with two attached hydrogens (primary N) is 1. The third-order valence-electron chi connectivity index (χ3n) is 28.2. The van der Waals surface area contributed by atoms with E-state index in [1.54, 1.807) is 154 Å². The van der Waals surface area contributed by atoms with E-state index >= 15 is 8.78 Å². The summed E-state index contributed by atoms with van der Waals surface area (Å²) in [5, 5.41) is 39.3. The lowest BCUT2D eigenvalue weighted by molar-refractivity contribution is 0.0287. The Bertz CT molecular complexity index is 6450. The van der Waals surface area contributed by atoms with Gasteiger partial charge >= 0.3 is 6.09 Å². The Morgan fingerprint density at radius 1 is 0.418 bits per heavy atom. The molecule has 146 heavy (non-hydrogen) atoms. The summed E-state index contributed by atoms with van der Waals surface area (Å²) in [6.07, 6.45) is 2.92. The molecule has 0 bridgehead atoms. The highest BCUT2D eigenvalue weighted by molar-refractivity contribution is 8.14. The van der Waals surface area contributed by atoms with Gasteiger partial charge in [0, 0.05) is 100 Å². The number of aliphatic imine (C=N–C) groups is 2. The van der Waals surface area contributed by atoms with Gasteiger partial charge in [0.2, 0.25) is 0 Å². The molecule has 1 saturated heterocycles. The Labute approximate surface area is 851 Å². The van der Waals surface area contributed by atoms with Crippen LogP contribution in [0.15, 0.2) is 265 Å². The van der Waals surface area contributed by atoms with Crippen LogP contribution >= 0.6 is 35.7 Å². The van der Waals surface area contributed by atoms with Gasteiger partial charge in [-0.05, 0) is 220 Å². The lowest BCUT2D eigenvalue weighted by atomic mass is 9.69. The number of amidine groups is 2. The van der Waals surface area contributed by atoms with Crippen molar-refractivity contribution in [2.75, 3.05) is 37.9 Å². The molecule has 8 N–H and O–H groups in total. The van der Waals surface area contributed by atoms with E-state index in [0.717, 1.165) is 55.0 Å². The number of hydrogen-bond donors (Lipinski definition) is 7. The molecule has 11 aromatic rings. The van der Waals surface area contributed by atoms with Gasteiger partial charge in [-0.2, -0.15) is 0 Å². The molecule has 0 radical (unpaired) electrons. The van der Waals surface area contributed by atoms with Crippen LogP contribution in [0.1, 0.15) is 162 Å². The van der Waals surface area contributed by atoms with E-state index in [4.69, 9.17) is 56.4 Å². The Balaban J connectivity index is 0.000000138. The second-order valence-electron chi connectivity index (χ2n) is 38.9. The number of ether oxygens (including phenoxy) is 6. The van der Waals surface area contributed by atoms with Crippen molar-refractivity contribution in [2.24, 2.45) is 45.3 Å². The Morgan fingerprint density at radius 3 is 1.24 bits per heavy atom. The minimum atomic E-state index is -1.03. The van der Waals surface area contributed by atoms with E-state index in [9.17, 15) is 78.0 Å². The summed E-state index contributed by atoms with van der Waals surface area (Å²) in [6, 6.07) is 64.5. The maximum absolute atomic E-state index is 15.1. The first-order valence-electron chi connectivity index (χ1n) is 47.9. The van der Waals surface area contributed by atoms with Gasteiger partial charge in [0.25, 0.3) is 11.8 Å². The van der Waals surface area contributed by atoms with E-state index in [0.29, 0.717) is 154 Å². The molecular formula is C112H111F13N6O12S3. The molecule has 6 fully saturated rings. The first-order valence-corrected chi connectivity index (χ1v) is 50.3. The molecule has 11 aromatic carbocycles. The number of amides is 3. The van der Waals surface area contributed by atoms with E-state index in [2.05, 4.69) is 16.0 Å². The number of thiocarbonyl (C=S) groups is 1. The van der Waals surface area contributed by atoms with Gasteiger partial charge in [0.05, 0.1) is 91.8 Å². The molecule has 34 heteroatoms. The molecule has 19 rings (SSSR count). The molecule has 3 amide bonds.